The summed E-state index contributed by atoms with van der Waals surface area (Å²) in [6.45, 7) is 0.0779. The summed E-state index contributed by atoms with van der Waals surface area (Å²) in [6, 6.07) is 4.91. The molecule has 1 aromatic rings. The molecule has 0 saturated carbocycles. The van der Waals surface area contributed by atoms with E-state index in [1.54, 1.807) is 18.2 Å². The minimum Gasteiger partial charge on any atom is -0.402 e. The Morgan fingerprint density at radius 1 is 1.23 bits per heavy atom. The zero-order valence-corrected chi connectivity index (χ0v) is 8.09. The average molecular weight is 221 g/mol. The van der Waals surface area contributed by atoms with Gasteiger partial charge in [-0.3, -0.25) is 0 Å². The third-order valence-electron chi connectivity index (χ3n) is 1.38. The van der Waals surface area contributed by atoms with Gasteiger partial charge in [0.25, 0.3) is 0 Å². The van der Waals surface area contributed by atoms with Gasteiger partial charge in [-0.05, 0) is 17.7 Å². The topological polar surface area (TPSA) is 49.7 Å². The highest BCUT2D eigenvalue weighted by Gasteiger charge is 2.08. The molecule has 0 aliphatic rings. The lowest BCUT2D eigenvalue weighted by atomic mass is 10.2. The van der Waals surface area contributed by atoms with Gasteiger partial charge in [0.2, 0.25) is 0 Å². The molecule has 0 radical (unpaired) electrons. The third kappa shape index (κ3) is 3.54. The lowest BCUT2D eigenvalue weighted by Crippen LogP contribution is -2.16. The Balaban J connectivity index is 2.63. The standard InChI is InChI=1S/C7H7BCl2O3/c9-6-2-1-5(3-7(6)10)4-13-8(11)12/h1-3,11-12H,4H2. The van der Waals surface area contributed by atoms with Gasteiger partial charge in [0.1, 0.15) is 0 Å². The normalized spacial score (nSPS) is 10.2. The highest BCUT2D eigenvalue weighted by molar-refractivity contribution is 6.42. The van der Waals surface area contributed by atoms with Crippen LogP contribution in [0.1, 0.15) is 5.56 Å². The summed E-state index contributed by atoms with van der Waals surface area (Å²) in [5.74, 6) is 0. The van der Waals surface area contributed by atoms with Gasteiger partial charge in [-0.1, -0.05) is 29.3 Å². The molecule has 1 aromatic carbocycles. The van der Waals surface area contributed by atoms with Crippen molar-refractivity contribution in [2.24, 2.45) is 0 Å². The Morgan fingerprint density at radius 3 is 2.46 bits per heavy atom. The van der Waals surface area contributed by atoms with Crippen LogP contribution in [0.5, 0.6) is 0 Å². The molecule has 3 nitrogen and oxygen atoms in total. The summed E-state index contributed by atoms with van der Waals surface area (Å²) in [7, 11) is -1.77. The monoisotopic (exact) mass is 220 g/mol. The van der Waals surface area contributed by atoms with E-state index in [0.717, 1.165) is 5.56 Å². The van der Waals surface area contributed by atoms with Gasteiger partial charge in [-0.2, -0.15) is 0 Å². The summed E-state index contributed by atoms with van der Waals surface area (Å²) < 4.78 is 4.53. The molecule has 0 amide bonds. The van der Waals surface area contributed by atoms with E-state index in [2.05, 4.69) is 4.65 Å². The van der Waals surface area contributed by atoms with Crippen LogP contribution in [-0.4, -0.2) is 17.4 Å². The quantitative estimate of drug-likeness (QED) is 0.759. The number of benzene rings is 1. The Labute approximate surface area is 86.0 Å². The molecule has 0 fully saturated rings. The lowest BCUT2D eigenvalue weighted by molar-refractivity contribution is 0.177. The first-order valence-electron chi connectivity index (χ1n) is 3.51. The van der Waals surface area contributed by atoms with Gasteiger partial charge in [0.15, 0.2) is 0 Å². The highest BCUT2D eigenvalue weighted by atomic mass is 35.5. The first-order chi connectivity index (χ1) is 6.09. The molecule has 0 saturated heterocycles. The molecule has 6 heteroatoms. The van der Waals surface area contributed by atoms with E-state index in [1.165, 1.54) is 0 Å². The average Bonchev–Trinajstić information content (AvgIpc) is 2.07. The van der Waals surface area contributed by atoms with Crippen LogP contribution in [0.4, 0.5) is 0 Å². The van der Waals surface area contributed by atoms with Crippen LogP contribution in [0.25, 0.3) is 0 Å². The molecule has 0 aliphatic carbocycles. The van der Waals surface area contributed by atoms with Gasteiger partial charge in [0.05, 0.1) is 16.7 Å². The molecule has 0 unspecified atom stereocenters. The van der Waals surface area contributed by atoms with Crippen LogP contribution in [0.15, 0.2) is 18.2 Å². The van der Waals surface area contributed by atoms with E-state index >= 15 is 0 Å². The molecule has 0 aromatic heterocycles. The second kappa shape index (κ2) is 4.84. The molecular formula is C7H7BCl2O3. The first-order valence-corrected chi connectivity index (χ1v) is 4.27. The fraction of sp³-hybridized carbons (Fsp3) is 0.143. The Hall–Kier alpha value is -0.255. The predicted molar refractivity (Wildman–Crippen MR) is 51.4 cm³/mol. The first kappa shape index (κ1) is 10.8. The summed E-state index contributed by atoms with van der Waals surface area (Å²) >= 11 is 11.4. The van der Waals surface area contributed by atoms with Gasteiger partial charge in [-0.25, -0.2) is 0 Å². The maximum atomic E-state index is 8.41. The van der Waals surface area contributed by atoms with Crippen molar-refractivity contribution >= 4 is 30.5 Å². The fourth-order valence-electron chi connectivity index (χ4n) is 0.800. The Bertz CT molecular complexity index is 293. The minimum absolute atomic E-state index is 0.0779. The Kier molecular flexibility index (Phi) is 4.03. The lowest BCUT2D eigenvalue weighted by Gasteiger charge is -2.03. The minimum atomic E-state index is -1.77. The zero-order valence-electron chi connectivity index (χ0n) is 6.58. The van der Waals surface area contributed by atoms with E-state index in [4.69, 9.17) is 33.2 Å². The molecule has 0 bridgehead atoms. The number of hydrogen-bond acceptors (Lipinski definition) is 3. The van der Waals surface area contributed by atoms with Crippen LogP contribution in [0.2, 0.25) is 10.0 Å². The predicted octanol–water partition coefficient (Wildman–Crippen LogP) is 1.48. The van der Waals surface area contributed by atoms with Gasteiger partial charge < -0.3 is 14.7 Å². The molecular weight excluding hydrogens is 214 g/mol. The van der Waals surface area contributed by atoms with Crippen molar-refractivity contribution in [1.29, 1.82) is 0 Å². The van der Waals surface area contributed by atoms with Gasteiger partial charge in [-0.15, -0.1) is 0 Å². The van der Waals surface area contributed by atoms with Crippen LogP contribution in [-0.2, 0) is 11.3 Å². The third-order valence-corrected chi connectivity index (χ3v) is 2.12. The summed E-state index contributed by atoms with van der Waals surface area (Å²) in [4.78, 5) is 0. The number of halogens is 2. The van der Waals surface area contributed by atoms with Crippen molar-refractivity contribution < 1.29 is 14.7 Å². The van der Waals surface area contributed by atoms with Gasteiger partial charge >= 0.3 is 7.32 Å². The molecule has 2 N–H and O–H groups in total. The van der Waals surface area contributed by atoms with Crippen molar-refractivity contribution in [2.75, 3.05) is 0 Å². The summed E-state index contributed by atoms with van der Waals surface area (Å²) in [6.07, 6.45) is 0. The van der Waals surface area contributed by atoms with E-state index in [-0.39, 0.29) is 6.61 Å². The number of hydrogen-bond donors (Lipinski definition) is 2. The zero-order chi connectivity index (χ0) is 9.84. The molecule has 13 heavy (non-hydrogen) atoms. The summed E-state index contributed by atoms with van der Waals surface area (Å²) in [5.41, 5.74) is 0.725. The van der Waals surface area contributed by atoms with Crippen molar-refractivity contribution in [2.45, 2.75) is 6.61 Å². The van der Waals surface area contributed by atoms with E-state index in [9.17, 15) is 0 Å². The fourth-order valence-corrected chi connectivity index (χ4v) is 1.12. The molecule has 0 spiro atoms. The van der Waals surface area contributed by atoms with Gasteiger partial charge in [0, 0.05) is 0 Å². The highest BCUT2D eigenvalue weighted by Crippen LogP contribution is 2.22. The van der Waals surface area contributed by atoms with Crippen molar-refractivity contribution in [3.05, 3.63) is 33.8 Å². The van der Waals surface area contributed by atoms with E-state index in [1.807, 2.05) is 0 Å². The maximum Gasteiger partial charge on any atom is 0.634 e. The Morgan fingerprint density at radius 2 is 1.92 bits per heavy atom. The smallest absolute Gasteiger partial charge is 0.402 e. The van der Waals surface area contributed by atoms with Crippen LogP contribution in [0.3, 0.4) is 0 Å². The van der Waals surface area contributed by atoms with Crippen molar-refractivity contribution in [3.63, 3.8) is 0 Å². The van der Waals surface area contributed by atoms with Crippen LogP contribution in [0, 0.1) is 0 Å². The molecule has 70 valence electrons. The molecule has 1 rings (SSSR count). The van der Waals surface area contributed by atoms with Crippen molar-refractivity contribution in [1.82, 2.24) is 0 Å². The molecule has 0 atom stereocenters. The van der Waals surface area contributed by atoms with Crippen LogP contribution >= 0.6 is 23.2 Å². The van der Waals surface area contributed by atoms with Crippen molar-refractivity contribution in [3.8, 4) is 0 Å². The second-order valence-corrected chi connectivity index (χ2v) is 3.20. The molecule has 0 heterocycles. The maximum absolute atomic E-state index is 8.41. The SMILES string of the molecule is OB(O)OCc1ccc(Cl)c(Cl)c1. The van der Waals surface area contributed by atoms with E-state index < -0.39 is 7.32 Å². The summed E-state index contributed by atoms with van der Waals surface area (Å²) in [5, 5.41) is 17.7. The number of rotatable bonds is 3. The second-order valence-electron chi connectivity index (χ2n) is 2.39. The molecule has 0 aliphatic heterocycles. The largest absolute Gasteiger partial charge is 0.634 e. The van der Waals surface area contributed by atoms with Crippen LogP contribution < -0.4 is 0 Å². The van der Waals surface area contributed by atoms with E-state index in [0.29, 0.717) is 10.0 Å².